The first-order chi connectivity index (χ1) is 10.5. The first-order valence-electron chi connectivity index (χ1n) is 6.59. The summed E-state index contributed by atoms with van der Waals surface area (Å²) in [6.07, 6.45) is 0. The van der Waals surface area contributed by atoms with E-state index in [2.05, 4.69) is 0 Å². The van der Waals surface area contributed by atoms with Crippen molar-refractivity contribution in [1.82, 2.24) is 0 Å². The lowest BCUT2D eigenvalue weighted by molar-refractivity contribution is 0.0971. The van der Waals surface area contributed by atoms with Crippen LogP contribution in [0.15, 0.2) is 59.8 Å². The number of carbonyl (C=O) groups excluding carboxylic acids is 2. The summed E-state index contributed by atoms with van der Waals surface area (Å²) in [5.74, 6) is -0.726. The van der Waals surface area contributed by atoms with E-state index >= 15 is 0 Å². The summed E-state index contributed by atoms with van der Waals surface area (Å²) in [6, 6.07) is 13.5. The van der Waals surface area contributed by atoms with Crippen LogP contribution in [0.3, 0.4) is 0 Å². The van der Waals surface area contributed by atoms with Crippen molar-refractivity contribution in [1.29, 1.82) is 0 Å². The minimum atomic E-state index is -0.876. The molecule has 0 saturated heterocycles. The van der Waals surface area contributed by atoms with Gasteiger partial charge >= 0.3 is 0 Å². The van der Waals surface area contributed by atoms with Crippen molar-refractivity contribution in [3.8, 4) is 0 Å². The Kier molecular flexibility index (Phi) is 3.77. The van der Waals surface area contributed by atoms with Crippen molar-refractivity contribution < 1.29 is 9.59 Å². The molecule has 110 valence electrons. The maximum absolute atomic E-state index is 12.7. The van der Waals surface area contributed by atoms with Crippen LogP contribution in [0.4, 0.5) is 0 Å². The van der Waals surface area contributed by atoms with Crippen LogP contribution in [-0.2, 0) is 0 Å². The van der Waals surface area contributed by atoms with E-state index in [1.54, 1.807) is 48.5 Å². The SMILES string of the molecule is NC1=C(C(Cl)c2ccccc2Cl)C(=O)c2ccccc2C1=O. The molecule has 1 atom stereocenters. The van der Waals surface area contributed by atoms with E-state index in [1.807, 2.05) is 0 Å². The summed E-state index contributed by atoms with van der Waals surface area (Å²) < 4.78 is 0. The van der Waals surface area contributed by atoms with Crippen LogP contribution in [0.2, 0.25) is 5.02 Å². The number of hydrogen-bond acceptors (Lipinski definition) is 3. The van der Waals surface area contributed by atoms with Crippen molar-refractivity contribution in [2.75, 3.05) is 0 Å². The lowest BCUT2D eigenvalue weighted by Crippen LogP contribution is -2.28. The molecule has 0 heterocycles. The third-order valence-corrected chi connectivity index (χ3v) is 4.42. The Hall–Kier alpha value is -2.10. The first kappa shape index (κ1) is 14.8. The van der Waals surface area contributed by atoms with Gasteiger partial charge in [-0.3, -0.25) is 9.59 Å². The highest BCUT2D eigenvalue weighted by atomic mass is 35.5. The Balaban J connectivity index is 2.15. The molecule has 0 bridgehead atoms. The molecule has 0 aromatic heterocycles. The Bertz CT molecular complexity index is 827. The summed E-state index contributed by atoms with van der Waals surface area (Å²) >= 11 is 12.5. The molecule has 2 aromatic rings. The third kappa shape index (κ3) is 2.23. The van der Waals surface area contributed by atoms with Crippen molar-refractivity contribution in [2.24, 2.45) is 5.73 Å². The summed E-state index contributed by atoms with van der Waals surface area (Å²) in [5.41, 5.74) is 7.02. The monoisotopic (exact) mass is 331 g/mol. The van der Waals surface area contributed by atoms with Crippen LogP contribution < -0.4 is 5.73 Å². The van der Waals surface area contributed by atoms with Gasteiger partial charge in [0.25, 0.3) is 0 Å². The van der Waals surface area contributed by atoms with Crippen molar-refractivity contribution in [3.05, 3.63) is 81.5 Å². The summed E-state index contributed by atoms with van der Waals surface area (Å²) in [7, 11) is 0. The molecule has 0 amide bonds. The fourth-order valence-corrected chi connectivity index (χ4v) is 3.21. The number of Topliss-reactive ketones (excluding diaryl/α,β-unsaturated/α-hetero) is 2. The minimum Gasteiger partial charge on any atom is -0.395 e. The third-order valence-electron chi connectivity index (χ3n) is 3.63. The van der Waals surface area contributed by atoms with E-state index in [4.69, 9.17) is 28.9 Å². The minimum absolute atomic E-state index is 0.0819. The van der Waals surface area contributed by atoms with Crippen molar-refractivity contribution in [3.63, 3.8) is 0 Å². The molecule has 5 heteroatoms. The van der Waals surface area contributed by atoms with Gasteiger partial charge in [-0.15, -0.1) is 11.6 Å². The van der Waals surface area contributed by atoms with Gasteiger partial charge in [-0.2, -0.15) is 0 Å². The highest BCUT2D eigenvalue weighted by Crippen LogP contribution is 2.38. The fourth-order valence-electron chi connectivity index (χ4n) is 2.50. The fraction of sp³-hybridized carbons (Fsp3) is 0.0588. The molecule has 3 rings (SSSR count). The summed E-state index contributed by atoms with van der Waals surface area (Å²) in [6.45, 7) is 0. The first-order valence-corrected chi connectivity index (χ1v) is 7.40. The molecule has 2 N–H and O–H groups in total. The van der Waals surface area contributed by atoms with Crippen LogP contribution in [0.1, 0.15) is 31.7 Å². The van der Waals surface area contributed by atoms with Gasteiger partial charge in [0.1, 0.15) is 0 Å². The number of carbonyl (C=O) groups is 2. The van der Waals surface area contributed by atoms with Gasteiger partial charge in [0.05, 0.1) is 11.1 Å². The number of benzene rings is 2. The van der Waals surface area contributed by atoms with Crippen LogP contribution in [-0.4, -0.2) is 11.6 Å². The molecule has 1 aliphatic carbocycles. The number of fused-ring (bicyclic) bond motifs is 1. The van der Waals surface area contributed by atoms with Crippen LogP contribution in [0, 0.1) is 0 Å². The van der Waals surface area contributed by atoms with Gasteiger partial charge in [-0.1, -0.05) is 54.1 Å². The largest absolute Gasteiger partial charge is 0.395 e. The topological polar surface area (TPSA) is 60.2 Å². The summed E-state index contributed by atoms with van der Waals surface area (Å²) in [5, 5.41) is -0.458. The number of rotatable bonds is 2. The van der Waals surface area contributed by atoms with Gasteiger partial charge in [-0.25, -0.2) is 0 Å². The number of ketones is 2. The summed E-state index contributed by atoms with van der Waals surface area (Å²) in [4.78, 5) is 25.0. The molecule has 1 aliphatic rings. The molecule has 22 heavy (non-hydrogen) atoms. The van der Waals surface area contributed by atoms with Crippen LogP contribution >= 0.6 is 23.2 Å². The van der Waals surface area contributed by atoms with E-state index in [1.165, 1.54) is 0 Å². The number of alkyl halides is 1. The number of halogens is 2. The van der Waals surface area contributed by atoms with E-state index < -0.39 is 5.38 Å². The second-order valence-corrected chi connectivity index (χ2v) is 5.76. The molecule has 2 aromatic carbocycles. The predicted molar refractivity (Wildman–Crippen MR) is 86.4 cm³/mol. The zero-order valence-electron chi connectivity index (χ0n) is 11.3. The quantitative estimate of drug-likeness (QED) is 0.848. The Morgan fingerprint density at radius 2 is 1.41 bits per heavy atom. The molecule has 1 unspecified atom stereocenters. The van der Waals surface area contributed by atoms with Crippen LogP contribution in [0.5, 0.6) is 0 Å². The second-order valence-electron chi connectivity index (χ2n) is 4.92. The predicted octanol–water partition coefficient (Wildman–Crippen LogP) is 3.91. The maximum Gasteiger partial charge on any atom is 0.209 e. The molecule has 0 aliphatic heterocycles. The Morgan fingerprint density at radius 1 is 0.864 bits per heavy atom. The van der Waals surface area contributed by atoms with E-state index in [0.29, 0.717) is 21.7 Å². The zero-order chi connectivity index (χ0) is 15.9. The molecule has 0 saturated carbocycles. The maximum atomic E-state index is 12.7. The van der Waals surface area contributed by atoms with Gasteiger partial charge < -0.3 is 5.73 Å². The number of hydrogen-bond donors (Lipinski definition) is 1. The number of nitrogens with two attached hydrogens (primary N) is 1. The molecule has 0 spiro atoms. The van der Waals surface area contributed by atoms with E-state index in [0.717, 1.165) is 0 Å². The van der Waals surface area contributed by atoms with E-state index in [9.17, 15) is 9.59 Å². The smallest absolute Gasteiger partial charge is 0.209 e. The lowest BCUT2D eigenvalue weighted by atomic mass is 9.84. The lowest BCUT2D eigenvalue weighted by Gasteiger charge is -2.22. The molecule has 0 fully saturated rings. The van der Waals surface area contributed by atoms with Gasteiger partial charge in [0.2, 0.25) is 5.78 Å². The Labute approximate surface area is 137 Å². The zero-order valence-corrected chi connectivity index (χ0v) is 12.9. The van der Waals surface area contributed by atoms with Gasteiger partial charge in [-0.05, 0) is 11.6 Å². The van der Waals surface area contributed by atoms with Gasteiger partial charge in [0, 0.05) is 21.7 Å². The van der Waals surface area contributed by atoms with Crippen molar-refractivity contribution in [2.45, 2.75) is 5.38 Å². The van der Waals surface area contributed by atoms with Gasteiger partial charge in [0.15, 0.2) is 5.78 Å². The number of allylic oxidation sites excluding steroid dienone is 2. The molecule has 3 nitrogen and oxygen atoms in total. The van der Waals surface area contributed by atoms with Crippen LogP contribution in [0.25, 0.3) is 0 Å². The van der Waals surface area contributed by atoms with Crippen molar-refractivity contribution >= 4 is 34.8 Å². The molecular formula is C17H11Cl2NO2. The average Bonchev–Trinajstić information content (AvgIpc) is 2.53. The normalized spacial score (nSPS) is 15.7. The highest BCUT2D eigenvalue weighted by molar-refractivity contribution is 6.36. The standard InChI is InChI=1S/C17H11Cl2NO2/c18-12-8-4-3-7-11(12)14(19)13-15(20)17(22)10-6-2-1-5-9(10)16(13)21/h1-8,14H,20H2. The average molecular weight is 332 g/mol. The molecule has 0 radical (unpaired) electrons. The molecular weight excluding hydrogens is 321 g/mol. The highest BCUT2D eigenvalue weighted by Gasteiger charge is 2.35. The van der Waals surface area contributed by atoms with E-state index in [-0.39, 0.29) is 22.8 Å². The second kappa shape index (κ2) is 5.59. The Morgan fingerprint density at radius 3 is 2.05 bits per heavy atom.